The maximum Gasteiger partial charge on any atom is 0.0154 e. The molecule has 0 atom stereocenters. The SMILES string of the molecule is NCCBr.c1ccc(P(c2ccccc2)c2ccccc2)cc1. The molecule has 0 aromatic heterocycles. The van der Waals surface area contributed by atoms with Crippen molar-refractivity contribution in [2.45, 2.75) is 0 Å². The van der Waals surface area contributed by atoms with Crippen molar-refractivity contribution >= 4 is 39.8 Å². The molecule has 0 saturated carbocycles. The monoisotopic (exact) mass is 385 g/mol. The molecular formula is C20H21BrNP. The first-order valence-electron chi connectivity index (χ1n) is 7.58. The third kappa shape index (κ3) is 5.58. The molecule has 3 heteroatoms. The molecule has 0 heterocycles. The van der Waals surface area contributed by atoms with E-state index in [4.69, 9.17) is 5.73 Å². The molecule has 0 saturated heterocycles. The summed E-state index contributed by atoms with van der Waals surface area (Å²) in [6.45, 7) is 0.736. The van der Waals surface area contributed by atoms with E-state index in [-0.39, 0.29) is 0 Å². The summed E-state index contributed by atoms with van der Waals surface area (Å²) in [5.41, 5.74) is 4.98. The first-order chi connectivity index (χ1) is 11.4. The summed E-state index contributed by atoms with van der Waals surface area (Å²) in [5.74, 6) is 0. The maximum atomic E-state index is 4.98. The molecular weight excluding hydrogens is 365 g/mol. The Labute approximate surface area is 148 Å². The van der Waals surface area contributed by atoms with E-state index >= 15 is 0 Å². The number of hydrogen-bond donors (Lipinski definition) is 1. The summed E-state index contributed by atoms with van der Waals surface area (Å²) in [7, 11) is -0.446. The van der Waals surface area contributed by atoms with Crippen LogP contribution in [0.1, 0.15) is 0 Å². The van der Waals surface area contributed by atoms with Crippen LogP contribution in [0.2, 0.25) is 0 Å². The highest BCUT2D eigenvalue weighted by atomic mass is 79.9. The summed E-state index contributed by atoms with van der Waals surface area (Å²) < 4.78 is 0. The molecule has 3 aromatic carbocycles. The first kappa shape index (κ1) is 17.9. The molecule has 0 spiro atoms. The van der Waals surface area contributed by atoms with Crippen LogP contribution >= 0.6 is 23.9 Å². The Morgan fingerprint density at radius 3 is 1.09 bits per heavy atom. The normalized spacial score (nSPS) is 10.0. The third-order valence-corrected chi connectivity index (χ3v) is 6.05. The lowest BCUT2D eigenvalue weighted by molar-refractivity contribution is 1.16. The predicted octanol–water partition coefficient (Wildman–Crippen LogP) is 3.78. The minimum Gasteiger partial charge on any atom is -0.330 e. The van der Waals surface area contributed by atoms with Gasteiger partial charge in [0.05, 0.1) is 0 Å². The van der Waals surface area contributed by atoms with Crippen molar-refractivity contribution in [1.29, 1.82) is 0 Å². The molecule has 23 heavy (non-hydrogen) atoms. The van der Waals surface area contributed by atoms with Crippen molar-refractivity contribution < 1.29 is 0 Å². The molecule has 0 aliphatic rings. The molecule has 0 amide bonds. The van der Waals surface area contributed by atoms with Gasteiger partial charge in [-0.25, -0.2) is 0 Å². The molecule has 118 valence electrons. The van der Waals surface area contributed by atoms with Gasteiger partial charge in [-0.3, -0.25) is 0 Å². The van der Waals surface area contributed by atoms with E-state index in [1.807, 2.05) is 0 Å². The second kappa shape index (κ2) is 10.3. The van der Waals surface area contributed by atoms with E-state index in [2.05, 4.69) is 107 Å². The van der Waals surface area contributed by atoms with Gasteiger partial charge < -0.3 is 5.73 Å². The van der Waals surface area contributed by atoms with E-state index in [9.17, 15) is 0 Å². The van der Waals surface area contributed by atoms with Gasteiger partial charge in [-0.15, -0.1) is 0 Å². The fourth-order valence-corrected chi connectivity index (χ4v) is 4.48. The van der Waals surface area contributed by atoms with Crippen LogP contribution in [0.5, 0.6) is 0 Å². The standard InChI is InChI=1S/C18H15P.C2H6BrN/c1-4-10-16(11-5-1)19(17-12-6-2-7-13-17)18-14-8-3-9-15-18;3-1-2-4/h1-15H;1-2,4H2. The smallest absolute Gasteiger partial charge is 0.0154 e. The van der Waals surface area contributed by atoms with Crippen LogP contribution in [0.25, 0.3) is 0 Å². The molecule has 1 nitrogen and oxygen atoms in total. The number of hydrogen-bond acceptors (Lipinski definition) is 1. The van der Waals surface area contributed by atoms with Gasteiger partial charge in [-0.05, 0) is 23.8 Å². The number of rotatable bonds is 4. The van der Waals surface area contributed by atoms with Crippen molar-refractivity contribution in [3.63, 3.8) is 0 Å². The second-order valence-corrected chi connectivity index (χ2v) is 7.83. The van der Waals surface area contributed by atoms with Crippen molar-refractivity contribution in [2.75, 3.05) is 11.9 Å². The van der Waals surface area contributed by atoms with Crippen molar-refractivity contribution in [1.82, 2.24) is 0 Å². The summed E-state index contributed by atoms with van der Waals surface area (Å²) >= 11 is 3.12. The van der Waals surface area contributed by atoms with Gasteiger partial charge in [-0.2, -0.15) is 0 Å². The van der Waals surface area contributed by atoms with Crippen LogP contribution < -0.4 is 21.6 Å². The van der Waals surface area contributed by atoms with E-state index in [1.165, 1.54) is 15.9 Å². The Morgan fingerprint density at radius 1 is 0.609 bits per heavy atom. The number of alkyl halides is 1. The van der Waals surface area contributed by atoms with Crippen molar-refractivity contribution in [3.05, 3.63) is 91.0 Å². The highest BCUT2D eigenvalue weighted by Gasteiger charge is 2.14. The summed E-state index contributed by atoms with van der Waals surface area (Å²) in [5, 5.41) is 5.10. The summed E-state index contributed by atoms with van der Waals surface area (Å²) in [6.07, 6.45) is 0. The van der Waals surface area contributed by atoms with Gasteiger partial charge in [-0.1, -0.05) is 107 Å². The van der Waals surface area contributed by atoms with Gasteiger partial charge in [0.25, 0.3) is 0 Å². The average molecular weight is 386 g/mol. The Bertz CT molecular complexity index is 563. The van der Waals surface area contributed by atoms with Crippen LogP contribution in [0.4, 0.5) is 0 Å². The topological polar surface area (TPSA) is 26.0 Å². The first-order valence-corrected chi connectivity index (χ1v) is 10.0. The highest BCUT2D eigenvalue weighted by Crippen LogP contribution is 2.32. The average Bonchev–Trinajstić information content (AvgIpc) is 2.65. The minimum absolute atomic E-state index is 0.446. The zero-order valence-electron chi connectivity index (χ0n) is 13.0. The molecule has 0 aliphatic carbocycles. The van der Waals surface area contributed by atoms with E-state index in [0.29, 0.717) is 0 Å². The quantitative estimate of drug-likeness (QED) is 0.536. The zero-order valence-corrected chi connectivity index (χ0v) is 15.5. The fourth-order valence-electron chi connectivity index (χ4n) is 2.18. The molecule has 0 bridgehead atoms. The molecule has 0 fully saturated rings. The van der Waals surface area contributed by atoms with Gasteiger partial charge in [0.1, 0.15) is 0 Å². The Balaban J connectivity index is 0.000000433. The van der Waals surface area contributed by atoms with Crippen LogP contribution in [0.3, 0.4) is 0 Å². The van der Waals surface area contributed by atoms with Gasteiger partial charge in [0, 0.05) is 11.9 Å². The predicted molar refractivity (Wildman–Crippen MR) is 108 cm³/mol. The maximum absolute atomic E-state index is 4.98. The largest absolute Gasteiger partial charge is 0.330 e. The molecule has 0 aliphatic heterocycles. The van der Waals surface area contributed by atoms with Crippen LogP contribution in [0.15, 0.2) is 91.0 Å². The van der Waals surface area contributed by atoms with Gasteiger partial charge in [0.15, 0.2) is 0 Å². The lowest BCUT2D eigenvalue weighted by atomic mass is 10.4. The third-order valence-electron chi connectivity index (χ3n) is 3.15. The van der Waals surface area contributed by atoms with E-state index in [0.717, 1.165) is 11.9 Å². The second-order valence-electron chi connectivity index (χ2n) is 4.82. The van der Waals surface area contributed by atoms with E-state index < -0.39 is 7.92 Å². The Hall–Kier alpha value is -1.47. The molecule has 3 rings (SSSR count). The number of nitrogens with two attached hydrogens (primary N) is 1. The molecule has 0 unspecified atom stereocenters. The summed E-state index contributed by atoms with van der Waals surface area (Å²) in [6, 6.07) is 32.3. The van der Waals surface area contributed by atoms with Crippen molar-refractivity contribution in [3.8, 4) is 0 Å². The van der Waals surface area contributed by atoms with Crippen LogP contribution in [-0.4, -0.2) is 11.9 Å². The number of halogens is 1. The molecule has 3 aromatic rings. The van der Waals surface area contributed by atoms with Crippen molar-refractivity contribution in [2.24, 2.45) is 5.73 Å². The van der Waals surface area contributed by atoms with Gasteiger partial charge in [0.2, 0.25) is 0 Å². The lowest BCUT2D eigenvalue weighted by Gasteiger charge is -2.18. The van der Waals surface area contributed by atoms with Gasteiger partial charge >= 0.3 is 0 Å². The fraction of sp³-hybridized carbons (Fsp3) is 0.100. The summed E-state index contributed by atoms with van der Waals surface area (Å²) in [4.78, 5) is 0. The molecule has 2 N–H and O–H groups in total. The number of benzene rings is 3. The Kier molecular flexibility index (Phi) is 8.03. The lowest BCUT2D eigenvalue weighted by Crippen LogP contribution is -2.20. The van der Waals surface area contributed by atoms with Crippen LogP contribution in [0, 0.1) is 0 Å². The van der Waals surface area contributed by atoms with Crippen LogP contribution in [-0.2, 0) is 0 Å². The molecule has 0 radical (unpaired) electrons. The van der Waals surface area contributed by atoms with E-state index in [1.54, 1.807) is 0 Å². The minimum atomic E-state index is -0.446. The Morgan fingerprint density at radius 2 is 0.870 bits per heavy atom. The zero-order chi connectivity index (χ0) is 16.3. The highest BCUT2D eigenvalue weighted by molar-refractivity contribution is 9.09.